The van der Waals surface area contributed by atoms with Gasteiger partial charge in [-0.15, -0.1) is 11.3 Å². The van der Waals surface area contributed by atoms with E-state index in [-0.39, 0.29) is 33.3 Å². The second kappa shape index (κ2) is 13.9. The largest absolute Gasteiger partial charge is 0.494 e. The number of amides is 1. The summed E-state index contributed by atoms with van der Waals surface area (Å²) in [7, 11) is 2.92. The van der Waals surface area contributed by atoms with E-state index in [1.54, 1.807) is 5.38 Å². The van der Waals surface area contributed by atoms with E-state index in [1.807, 2.05) is 19.9 Å². The topological polar surface area (TPSA) is 101 Å². The summed E-state index contributed by atoms with van der Waals surface area (Å²) in [4.78, 5) is 27.3. The van der Waals surface area contributed by atoms with Crippen LogP contribution in [0.4, 0.5) is 22.9 Å². The Morgan fingerprint density at radius 3 is 2.39 bits per heavy atom. The van der Waals surface area contributed by atoms with Crippen molar-refractivity contribution in [1.82, 2.24) is 14.9 Å². The molecule has 1 aliphatic heterocycles. The molecule has 0 spiro atoms. The number of rotatable bonds is 10. The molecule has 0 radical (unpaired) electrons. The number of fused-ring (bicyclic) bond motifs is 1. The van der Waals surface area contributed by atoms with Gasteiger partial charge >= 0.3 is 0 Å². The minimum absolute atomic E-state index is 0.0281. The molecule has 0 aliphatic carbocycles. The van der Waals surface area contributed by atoms with Crippen molar-refractivity contribution in [2.24, 2.45) is 0 Å². The molecule has 0 atom stereocenters. The number of ether oxygens (including phenoxy) is 3. The van der Waals surface area contributed by atoms with Gasteiger partial charge in [-0.3, -0.25) is 4.79 Å². The van der Waals surface area contributed by atoms with Crippen LogP contribution in [0.5, 0.6) is 17.2 Å². The van der Waals surface area contributed by atoms with Crippen molar-refractivity contribution in [2.45, 2.75) is 26.9 Å². The Balaban J connectivity index is 1.43. The monoisotopic (exact) mass is 722 g/mol. The van der Waals surface area contributed by atoms with E-state index in [0.717, 1.165) is 49.8 Å². The molecule has 44 heavy (non-hydrogen) atoms. The second-order valence-corrected chi connectivity index (χ2v) is 12.7. The van der Waals surface area contributed by atoms with Crippen LogP contribution in [-0.4, -0.2) is 73.8 Å². The maximum atomic E-state index is 13.5. The Bertz CT molecular complexity index is 1650. The number of anilines is 4. The molecular weight excluding hydrogens is 691 g/mol. The lowest BCUT2D eigenvalue weighted by molar-refractivity contribution is 0.102. The minimum Gasteiger partial charge on any atom is -0.494 e. The SMILES string of the molecule is CCN1CCN(c2ccc(Nc3ncnc4c(C(=O)Nc5c(Cl)c(OC)c(Br)c(OC)c5Cl)csc34)c(OC(C)C)c2)CC1. The molecule has 5 rings (SSSR count). The fourth-order valence-corrected chi connectivity index (χ4v) is 7.55. The summed E-state index contributed by atoms with van der Waals surface area (Å²) in [5.41, 5.74) is 2.85. The lowest BCUT2D eigenvalue weighted by Gasteiger charge is -2.35. The number of nitrogens with zero attached hydrogens (tertiary/aromatic N) is 4. The van der Waals surface area contributed by atoms with Crippen molar-refractivity contribution in [3.05, 3.63) is 50.0 Å². The number of aromatic nitrogens is 2. The van der Waals surface area contributed by atoms with E-state index in [0.29, 0.717) is 26.1 Å². The Hall–Kier alpha value is -3.03. The Morgan fingerprint density at radius 1 is 1.09 bits per heavy atom. The van der Waals surface area contributed by atoms with Crippen molar-refractivity contribution in [2.75, 3.05) is 62.5 Å². The number of carbonyl (C=O) groups excluding carboxylic acids is 1. The van der Waals surface area contributed by atoms with Gasteiger partial charge in [0.15, 0.2) is 17.3 Å². The number of benzene rings is 2. The number of thiophene rings is 1. The van der Waals surface area contributed by atoms with Gasteiger partial charge in [0.25, 0.3) is 5.91 Å². The lowest BCUT2D eigenvalue weighted by atomic mass is 10.2. The predicted molar refractivity (Wildman–Crippen MR) is 182 cm³/mol. The highest BCUT2D eigenvalue weighted by atomic mass is 79.9. The van der Waals surface area contributed by atoms with Crippen molar-refractivity contribution in [3.8, 4) is 17.2 Å². The third-order valence-electron chi connectivity index (χ3n) is 7.25. The van der Waals surface area contributed by atoms with Crippen molar-refractivity contribution < 1.29 is 19.0 Å². The summed E-state index contributed by atoms with van der Waals surface area (Å²) in [5.74, 6) is 1.38. The van der Waals surface area contributed by atoms with Gasteiger partial charge in [0, 0.05) is 43.3 Å². The Morgan fingerprint density at radius 2 is 1.77 bits per heavy atom. The van der Waals surface area contributed by atoms with Gasteiger partial charge in [-0.25, -0.2) is 9.97 Å². The zero-order valence-corrected chi connectivity index (χ0v) is 28.9. The fourth-order valence-electron chi connectivity index (χ4n) is 4.98. The molecule has 1 aliphatic rings. The number of hydrogen-bond acceptors (Lipinski definition) is 10. The minimum atomic E-state index is -0.451. The third kappa shape index (κ3) is 6.50. The van der Waals surface area contributed by atoms with Crippen molar-refractivity contribution in [1.29, 1.82) is 0 Å². The Labute approximate surface area is 278 Å². The molecule has 0 bridgehead atoms. The highest BCUT2D eigenvalue weighted by Crippen LogP contribution is 2.50. The third-order valence-corrected chi connectivity index (χ3v) is 9.66. The molecule has 1 saturated heterocycles. The van der Waals surface area contributed by atoms with Crippen LogP contribution < -0.4 is 29.7 Å². The van der Waals surface area contributed by atoms with E-state index < -0.39 is 5.91 Å². The maximum Gasteiger partial charge on any atom is 0.258 e. The molecule has 2 aromatic carbocycles. The molecule has 0 saturated carbocycles. The van der Waals surface area contributed by atoms with Gasteiger partial charge in [0.05, 0.1) is 47.5 Å². The molecule has 14 heteroatoms. The van der Waals surface area contributed by atoms with Crippen LogP contribution in [0, 0.1) is 0 Å². The van der Waals surface area contributed by atoms with Gasteiger partial charge in [-0.05, 0) is 48.5 Å². The van der Waals surface area contributed by atoms with E-state index in [2.05, 4.69) is 65.4 Å². The first-order chi connectivity index (χ1) is 21.2. The number of carbonyl (C=O) groups is 1. The molecule has 0 unspecified atom stereocenters. The summed E-state index contributed by atoms with van der Waals surface area (Å²) < 4.78 is 18.2. The maximum absolute atomic E-state index is 13.5. The fraction of sp³-hybridized carbons (Fsp3) is 0.367. The molecule has 1 amide bonds. The zero-order valence-electron chi connectivity index (χ0n) is 25.0. The average Bonchev–Trinajstić information content (AvgIpc) is 3.46. The van der Waals surface area contributed by atoms with Gasteiger partial charge in [0.1, 0.15) is 26.6 Å². The first-order valence-corrected chi connectivity index (χ1v) is 16.5. The Kier molecular flexibility index (Phi) is 10.3. The number of likely N-dealkylation sites (N-methyl/N-ethyl adjacent to an activating group) is 1. The molecule has 2 N–H and O–H groups in total. The number of methoxy groups -OCH3 is 2. The van der Waals surface area contributed by atoms with Gasteiger partial charge in [-0.2, -0.15) is 0 Å². The van der Waals surface area contributed by atoms with Gasteiger partial charge < -0.3 is 34.6 Å². The van der Waals surface area contributed by atoms with Crippen LogP contribution in [0.2, 0.25) is 10.0 Å². The van der Waals surface area contributed by atoms with Gasteiger partial charge in [-0.1, -0.05) is 30.1 Å². The molecule has 2 aromatic heterocycles. The summed E-state index contributed by atoms with van der Waals surface area (Å²) in [6.45, 7) is 11.2. The normalized spacial score (nSPS) is 13.8. The zero-order chi connectivity index (χ0) is 31.5. The first kappa shape index (κ1) is 32.4. The number of halogens is 3. The average molecular weight is 725 g/mol. The van der Waals surface area contributed by atoms with Crippen LogP contribution in [0.1, 0.15) is 31.1 Å². The van der Waals surface area contributed by atoms with Crippen LogP contribution in [0.15, 0.2) is 34.4 Å². The first-order valence-electron chi connectivity index (χ1n) is 14.0. The number of hydrogen-bond donors (Lipinski definition) is 2. The van der Waals surface area contributed by atoms with Crippen LogP contribution >= 0.6 is 50.5 Å². The predicted octanol–water partition coefficient (Wildman–Crippen LogP) is 7.70. The molecule has 1 fully saturated rings. The molecular formula is C30H33BrCl2N6O4S. The quantitative estimate of drug-likeness (QED) is 0.171. The van der Waals surface area contributed by atoms with Crippen molar-refractivity contribution >= 4 is 89.5 Å². The molecule has 3 heterocycles. The van der Waals surface area contributed by atoms with E-state index in [4.69, 9.17) is 37.4 Å². The lowest BCUT2D eigenvalue weighted by Crippen LogP contribution is -2.46. The second-order valence-electron chi connectivity index (χ2n) is 10.3. The number of piperazine rings is 1. The highest BCUT2D eigenvalue weighted by molar-refractivity contribution is 9.10. The summed E-state index contributed by atoms with van der Waals surface area (Å²) in [6, 6.07) is 6.17. The van der Waals surface area contributed by atoms with Crippen LogP contribution in [0.3, 0.4) is 0 Å². The summed E-state index contributed by atoms with van der Waals surface area (Å²) >= 11 is 17.8. The van der Waals surface area contributed by atoms with E-state index in [9.17, 15) is 4.79 Å². The number of nitrogens with one attached hydrogen (secondary N) is 2. The summed E-state index contributed by atoms with van der Waals surface area (Å²) in [5, 5.41) is 8.21. The molecule has 234 valence electrons. The van der Waals surface area contributed by atoms with Crippen LogP contribution in [-0.2, 0) is 0 Å². The smallest absolute Gasteiger partial charge is 0.258 e. The van der Waals surface area contributed by atoms with Crippen LogP contribution in [0.25, 0.3) is 10.2 Å². The molecule has 4 aromatic rings. The molecule has 10 nitrogen and oxygen atoms in total. The van der Waals surface area contributed by atoms with E-state index in [1.165, 1.54) is 31.9 Å². The van der Waals surface area contributed by atoms with Crippen molar-refractivity contribution in [3.63, 3.8) is 0 Å². The summed E-state index contributed by atoms with van der Waals surface area (Å²) in [6.07, 6.45) is 1.39. The highest BCUT2D eigenvalue weighted by Gasteiger charge is 2.26. The van der Waals surface area contributed by atoms with Gasteiger partial charge in [0.2, 0.25) is 0 Å². The van der Waals surface area contributed by atoms with E-state index >= 15 is 0 Å². The standard InChI is InChI=1S/C30H33BrCl2N6O4S/c1-6-38-9-11-39(12-10-38)17-7-8-19(20(13-17)43-16(2)3)36-29-28-24(34-15-35-29)18(14-44-28)30(40)37-25-22(32)26(41-4)21(31)27(42-5)23(25)33/h7-8,13-16H,6,9-12H2,1-5H3,(H,37,40)(H,34,35,36).